The van der Waals surface area contributed by atoms with Gasteiger partial charge in [-0.05, 0) is 86.3 Å². The van der Waals surface area contributed by atoms with Crippen LogP contribution in [0.4, 0.5) is 30.4 Å². The minimum Gasteiger partial charge on any atom is -0.371 e. The summed E-state index contributed by atoms with van der Waals surface area (Å²) in [5, 5.41) is 9.12. The summed E-state index contributed by atoms with van der Waals surface area (Å²) in [6, 6.07) is 10.8. The molecule has 5 aliphatic heterocycles. The highest BCUT2D eigenvalue weighted by Crippen LogP contribution is 2.43. The Bertz CT molecular complexity index is 2330. The maximum Gasteiger partial charge on any atom is 0.419 e. The zero-order valence-corrected chi connectivity index (χ0v) is 34.4. The third-order valence-electron chi connectivity index (χ3n) is 14.0. The topological polar surface area (TPSA) is 154 Å². The lowest BCUT2D eigenvalue weighted by Gasteiger charge is -2.40. The molecule has 1 spiro atoms. The number of carbonyl (C=O) groups is 5. The van der Waals surface area contributed by atoms with Crippen LogP contribution in [0.3, 0.4) is 0 Å². The smallest absolute Gasteiger partial charge is 0.371 e. The molecule has 1 atom stereocenters. The summed E-state index contributed by atoms with van der Waals surface area (Å²) in [6.07, 6.45) is 2.77. The number of carbonyl (C=O) groups excluding carboxylic acids is 5. The molecule has 17 heteroatoms. The van der Waals surface area contributed by atoms with E-state index in [2.05, 4.69) is 24.7 Å². The number of piperidine rings is 2. The fourth-order valence-corrected chi connectivity index (χ4v) is 10.3. The number of halogens is 3. The number of amides is 3. The third-order valence-corrected chi connectivity index (χ3v) is 14.0. The summed E-state index contributed by atoms with van der Waals surface area (Å²) in [4.78, 5) is 84.6. The molecule has 0 N–H and O–H groups in total. The van der Waals surface area contributed by atoms with Crippen molar-refractivity contribution in [3.05, 3.63) is 76.7 Å². The van der Waals surface area contributed by atoms with E-state index < -0.39 is 35.3 Å². The Labute approximate surface area is 357 Å². The van der Waals surface area contributed by atoms with Crippen LogP contribution >= 0.6 is 0 Å². The molecule has 3 aromatic rings. The fraction of sp³-hybridized carbons (Fsp3) is 0.511. The third kappa shape index (κ3) is 8.00. The maximum absolute atomic E-state index is 13.6. The van der Waals surface area contributed by atoms with E-state index in [4.69, 9.17) is 5.26 Å². The number of Topliss-reactive ketones (excluding diaryl/α,β-unsaturated/α-hetero) is 2. The minimum atomic E-state index is -4.66. The predicted octanol–water partition coefficient (Wildman–Crippen LogP) is 4.83. The van der Waals surface area contributed by atoms with E-state index in [1.54, 1.807) is 18.3 Å². The SMILES string of the molecule is N#Cc1ncc(N2CCC3(CCN(C(=O)c4ccc(N5CCN(CC6CCN(c7ccc8c(c7)C(=O)N(C7CCC(=O)CC7=O)C8=O)CC6)CC5)nc4)CC3)C2)cc1C(F)(F)F. The van der Waals surface area contributed by atoms with E-state index in [1.807, 2.05) is 28.0 Å². The van der Waals surface area contributed by atoms with Gasteiger partial charge < -0.3 is 19.6 Å². The van der Waals surface area contributed by atoms with Crippen LogP contribution < -0.4 is 14.7 Å². The molecule has 6 aliphatic rings. The molecular formula is C45H48F3N9O5. The zero-order valence-electron chi connectivity index (χ0n) is 34.4. The highest BCUT2D eigenvalue weighted by Gasteiger charge is 2.45. The molecule has 14 nitrogen and oxygen atoms in total. The van der Waals surface area contributed by atoms with Gasteiger partial charge in [0.25, 0.3) is 17.7 Å². The van der Waals surface area contributed by atoms with Gasteiger partial charge >= 0.3 is 6.18 Å². The molecule has 0 bridgehead atoms. The normalized spacial score (nSPS) is 22.5. The second kappa shape index (κ2) is 16.4. The van der Waals surface area contributed by atoms with Crippen molar-refractivity contribution in [2.75, 3.05) is 86.7 Å². The van der Waals surface area contributed by atoms with E-state index in [9.17, 15) is 37.1 Å². The van der Waals surface area contributed by atoms with Gasteiger partial charge in [0, 0.05) is 90.3 Å². The van der Waals surface area contributed by atoms with Crippen molar-refractivity contribution in [3.63, 3.8) is 0 Å². The van der Waals surface area contributed by atoms with Gasteiger partial charge in [-0.25, -0.2) is 9.97 Å². The van der Waals surface area contributed by atoms with Crippen molar-refractivity contribution in [1.82, 2.24) is 24.7 Å². The van der Waals surface area contributed by atoms with Gasteiger partial charge in [0.2, 0.25) is 0 Å². The van der Waals surface area contributed by atoms with Crippen LogP contribution in [0.25, 0.3) is 0 Å². The lowest BCUT2D eigenvalue weighted by molar-refractivity contribution is -0.138. The van der Waals surface area contributed by atoms with Gasteiger partial charge in [-0.1, -0.05) is 0 Å². The summed E-state index contributed by atoms with van der Waals surface area (Å²) in [6.45, 7) is 8.37. The van der Waals surface area contributed by atoms with E-state index in [1.165, 1.54) is 12.3 Å². The molecule has 9 rings (SSSR count). The first-order valence-electron chi connectivity index (χ1n) is 21.6. The van der Waals surface area contributed by atoms with Crippen LogP contribution in [0, 0.1) is 22.7 Å². The molecule has 1 unspecified atom stereocenters. The number of imide groups is 1. The van der Waals surface area contributed by atoms with Crippen LogP contribution in [0.2, 0.25) is 0 Å². The Kier molecular flexibility index (Phi) is 11.0. The highest BCUT2D eigenvalue weighted by molar-refractivity contribution is 6.24. The zero-order chi connectivity index (χ0) is 43.3. The number of ketones is 2. The molecule has 62 heavy (non-hydrogen) atoms. The largest absolute Gasteiger partial charge is 0.419 e. The Morgan fingerprint density at radius 3 is 2.18 bits per heavy atom. The number of rotatable bonds is 7. The lowest BCUT2D eigenvalue weighted by atomic mass is 9.77. The standard InChI is InChI=1S/C45H48F3N9O5/c46-45(47,48)36-22-32(26-50-37(36)24-49)56-16-11-44(28-56)9-14-55(15-10-44)41(60)30-1-6-40(51-25-30)54-19-17-52(18-20-54)27-29-7-12-53(13-8-29)31-2-4-34-35(21-31)43(62)57(42(34)61)38-5-3-33(58)23-39(38)59/h1-2,4,6,21-22,25-26,29,38H,3,5,7-20,23,27-28H2. The van der Waals surface area contributed by atoms with Crippen LogP contribution in [-0.4, -0.2) is 132 Å². The van der Waals surface area contributed by atoms with Gasteiger partial charge in [0.1, 0.15) is 17.7 Å². The highest BCUT2D eigenvalue weighted by atomic mass is 19.4. The number of fused-ring (bicyclic) bond motifs is 1. The van der Waals surface area contributed by atoms with Gasteiger partial charge in [-0.2, -0.15) is 18.4 Å². The molecule has 4 saturated heterocycles. The molecule has 1 aromatic carbocycles. The number of likely N-dealkylation sites (tertiary alicyclic amines) is 1. The number of alkyl halides is 3. The van der Waals surface area contributed by atoms with Crippen molar-refractivity contribution in [1.29, 1.82) is 5.26 Å². The van der Waals surface area contributed by atoms with Gasteiger partial charge in [-0.15, -0.1) is 0 Å². The van der Waals surface area contributed by atoms with Crippen molar-refractivity contribution < 1.29 is 37.1 Å². The molecule has 5 fully saturated rings. The predicted molar refractivity (Wildman–Crippen MR) is 221 cm³/mol. The minimum absolute atomic E-state index is 0.0749. The summed E-state index contributed by atoms with van der Waals surface area (Å²) in [5.74, 6) is -0.163. The molecular weight excluding hydrogens is 804 g/mol. The van der Waals surface area contributed by atoms with E-state index in [0.717, 1.165) is 100 Å². The van der Waals surface area contributed by atoms with E-state index >= 15 is 0 Å². The summed E-state index contributed by atoms with van der Waals surface area (Å²) >= 11 is 0. The van der Waals surface area contributed by atoms with Gasteiger partial charge in [-0.3, -0.25) is 33.8 Å². The number of aromatic nitrogens is 2. The Hall–Kier alpha value is -5.89. The van der Waals surface area contributed by atoms with Crippen molar-refractivity contribution in [3.8, 4) is 6.07 Å². The van der Waals surface area contributed by atoms with Crippen LogP contribution in [-0.2, 0) is 15.8 Å². The number of hydrogen-bond acceptors (Lipinski definition) is 12. The fourth-order valence-electron chi connectivity index (χ4n) is 10.3. The van der Waals surface area contributed by atoms with Crippen LogP contribution in [0.1, 0.15) is 93.7 Å². The van der Waals surface area contributed by atoms with Crippen LogP contribution in [0.5, 0.6) is 0 Å². The number of benzene rings is 1. The Balaban J connectivity index is 0.714. The number of pyridine rings is 2. The Morgan fingerprint density at radius 2 is 1.50 bits per heavy atom. The van der Waals surface area contributed by atoms with Crippen molar-refractivity contribution in [2.24, 2.45) is 11.3 Å². The number of anilines is 3. The Morgan fingerprint density at radius 1 is 0.774 bits per heavy atom. The van der Waals surface area contributed by atoms with Crippen LogP contribution in [0.15, 0.2) is 48.8 Å². The first-order chi connectivity index (χ1) is 29.8. The first kappa shape index (κ1) is 41.5. The summed E-state index contributed by atoms with van der Waals surface area (Å²) in [7, 11) is 0. The quantitative estimate of drug-likeness (QED) is 0.237. The molecule has 324 valence electrons. The maximum atomic E-state index is 13.6. The molecule has 2 aromatic heterocycles. The van der Waals surface area contributed by atoms with Gasteiger partial charge in [0.15, 0.2) is 11.5 Å². The summed E-state index contributed by atoms with van der Waals surface area (Å²) < 4.78 is 40.7. The molecule has 3 amide bonds. The average Bonchev–Trinajstić information content (AvgIpc) is 3.80. The first-order valence-corrected chi connectivity index (χ1v) is 21.6. The second-order valence-corrected chi connectivity index (χ2v) is 17.7. The number of nitrogens with zero attached hydrogens (tertiary/aromatic N) is 9. The second-order valence-electron chi connectivity index (χ2n) is 17.7. The van der Waals surface area contributed by atoms with E-state index in [0.29, 0.717) is 54.5 Å². The summed E-state index contributed by atoms with van der Waals surface area (Å²) in [5.41, 5.74) is 0.652. The number of nitriles is 1. The average molecular weight is 852 g/mol. The molecule has 0 radical (unpaired) electrons. The monoisotopic (exact) mass is 851 g/mol. The molecule has 7 heterocycles. The van der Waals surface area contributed by atoms with Gasteiger partial charge in [0.05, 0.1) is 46.6 Å². The molecule has 1 saturated carbocycles. The van der Waals surface area contributed by atoms with Crippen molar-refractivity contribution in [2.45, 2.75) is 63.6 Å². The molecule has 1 aliphatic carbocycles. The number of hydrogen-bond donors (Lipinski definition) is 0. The van der Waals surface area contributed by atoms with Crippen molar-refractivity contribution >= 4 is 46.5 Å². The lowest BCUT2D eigenvalue weighted by Crippen LogP contribution is -2.49. The number of piperazine rings is 1. The van der Waals surface area contributed by atoms with E-state index in [-0.39, 0.29) is 42.2 Å².